The Balaban J connectivity index is 1.65. The molecule has 0 atom stereocenters. The summed E-state index contributed by atoms with van der Waals surface area (Å²) >= 11 is 0. The van der Waals surface area contributed by atoms with E-state index in [-0.39, 0.29) is 11.7 Å². The van der Waals surface area contributed by atoms with E-state index in [4.69, 9.17) is 9.47 Å². The van der Waals surface area contributed by atoms with Crippen LogP contribution in [0, 0.1) is 5.41 Å². The van der Waals surface area contributed by atoms with Crippen LogP contribution in [0.2, 0.25) is 0 Å². The Morgan fingerprint density at radius 3 is 2.58 bits per heavy atom. The number of hydrogen-bond donors (Lipinski definition) is 0. The molecule has 0 saturated carbocycles. The van der Waals surface area contributed by atoms with Crippen molar-refractivity contribution in [1.29, 1.82) is 0 Å². The molecule has 1 fully saturated rings. The van der Waals surface area contributed by atoms with Crippen LogP contribution in [0.4, 0.5) is 4.79 Å². The number of fused-ring (bicyclic) bond motifs is 1. The van der Waals surface area contributed by atoms with Gasteiger partial charge < -0.3 is 23.7 Å². The van der Waals surface area contributed by atoms with Crippen LogP contribution in [0.3, 0.4) is 0 Å². The minimum absolute atomic E-state index is 0.180. The summed E-state index contributed by atoms with van der Waals surface area (Å²) in [6.45, 7) is 6.98. The van der Waals surface area contributed by atoms with Gasteiger partial charge >= 0.3 is 6.09 Å². The van der Waals surface area contributed by atoms with E-state index in [1.54, 1.807) is 22.6 Å². The number of aromatic nitrogens is 2. The van der Waals surface area contributed by atoms with Crippen molar-refractivity contribution < 1.29 is 19.1 Å². The van der Waals surface area contributed by atoms with Gasteiger partial charge in [-0.1, -0.05) is 0 Å². The summed E-state index contributed by atoms with van der Waals surface area (Å²) in [6.07, 6.45) is 4.51. The molecular weight excluding hydrogens is 398 g/mol. The largest absolute Gasteiger partial charge is 0.497 e. The third-order valence-corrected chi connectivity index (χ3v) is 5.77. The van der Waals surface area contributed by atoms with Crippen molar-refractivity contribution in [1.82, 2.24) is 14.5 Å². The van der Waals surface area contributed by atoms with Crippen LogP contribution in [-0.2, 0) is 16.1 Å². The molecule has 3 rings (SSSR count). The van der Waals surface area contributed by atoms with Crippen molar-refractivity contribution in [2.75, 3.05) is 20.2 Å². The molecular formula is C23H31N3O5. The number of aryl methyl sites for hydroxylation is 1. The maximum absolute atomic E-state index is 12.4. The van der Waals surface area contributed by atoms with E-state index >= 15 is 0 Å². The number of carbonyl (C=O) groups is 2. The molecule has 0 radical (unpaired) electrons. The van der Waals surface area contributed by atoms with Crippen molar-refractivity contribution >= 4 is 23.4 Å². The molecule has 1 amide bonds. The van der Waals surface area contributed by atoms with Gasteiger partial charge in [-0.2, -0.15) is 0 Å². The van der Waals surface area contributed by atoms with E-state index in [1.165, 1.54) is 6.20 Å². The predicted octanol–water partition coefficient (Wildman–Crippen LogP) is 3.40. The number of nitrogens with zero attached hydrogens (tertiary/aromatic N) is 3. The van der Waals surface area contributed by atoms with Gasteiger partial charge in [-0.15, -0.1) is 0 Å². The summed E-state index contributed by atoms with van der Waals surface area (Å²) in [6, 6.07) is 5.44. The second kappa shape index (κ2) is 9.08. The first-order chi connectivity index (χ1) is 14.7. The summed E-state index contributed by atoms with van der Waals surface area (Å²) in [4.78, 5) is 42.5. The van der Waals surface area contributed by atoms with Crippen molar-refractivity contribution in [3.8, 4) is 5.75 Å². The first-order valence-corrected chi connectivity index (χ1v) is 10.6. The number of hydrogen-bond acceptors (Lipinski definition) is 6. The van der Waals surface area contributed by atoms with Crippen LogP contribution in [-0.4, -0.2) is 52.6 Å². The van der Waals surface area contributed by atoms with Gasteiger partial charge in [0.1, 0.15) is 17.6 Å². The van der Waals surface area contributed by atoms with Crippen molar-refractivity contribution in [2.24, 2.45) is 5.41 Å². The molecule has 2 aromatic rings. The molecule has 8 nitrogen and oxygen atoms in total. The Kier molecular flexibility index (Phi) is 6.67. The Hall–Kier alpha value is -2.90. The van der Waals surface area contributed by atoms with Crippen molar-refractivity contribution in [2.45, 2.75) is 58.6 Å². The monoisotopic (exact) mass is 429 g/mol. The van der Waals surface area contributed by atoms with Crippen LogP contribution in [0.25, 0.3) is 11.0 Å². The maximum atomic E-state index is 12.4. The van der Waals surface area contributed by atoms with Gasteiger partial charge in [0.2, 0.25) is 0 Å². The minimum Gasteiger partial charge on any atom is -0.497 e. The van der Waals surface area contributed by atoms with Gasteiger partial charge in [0.25, 0.3) is 5.56 Å². The number of amides is 1. The van der Waals surface area contributed by atoms with E-state index in [0.717, 1.165) is 11.8 Å². The highest BCUT2D eigenvalue weighted by Gasteiger charge is 2.36. The molecule has 1 aromatic heterocycles. The Morgan fingerprint density at radius 1 is 1.26 bits per heavy atom. The summed E-state index contributed by atoms with van der Waals surface area (Å²) in [5.41, 5.74) is 0.228. The third-order valence-electron chi connectivity index (χ3n) is 5.77. The molecule has 0 aliphatic carbocycles. The molecule has 0 bridgehead atoms. The Labute approximate surface area is 182 Å². The molecule has 0 N–H and O–H groups in total. The zero-order valence-electron chi connectivity index (χ0n) is 18.7. The zero-order chi connectivity index (χ0) is 22.6. The van der Waals surface area contributed by atoms with Crippen LogP contribution in [0.15, 0.2) is 29.2 Å². The van der Waals surface area contributed by atoms with Crippen LogP contribution in [0.1, 0.15) is 46.5 Å². The van der Waals surface area contributed by atoms with Crippen LogP contribution >= 0.6 is 0 Å². The molecule has 2 heterocycles. The number of methoxy groups -OCH3 is 1. The van der Waals surface area contributed by atoms with Gasteiger partial charge in [0.15, 0.2) is 0 Å². The van der Waals surface area contributed by atoms with Crippen molar-refractivity contribution in [3.63, 3.8) is 0 Å². The lowest BCUT2D eigenvalue weighted by atomic mass is 9.76. The molecule has 0 spiro atoms. The number of aldehydes is 1. The van der Waals surface area contributed by atoms with Crippen LogP contribution in [0.5, 0.6) is 5.75 Å². The average Bonchev–Trinajstić information content (AvgIpc) is 2.74. The number of benzene rings is 1. The van der Waals surface area contributed by atoms with Gasteiger partial charge in [-0.05, 0) is 58.6 Å². The summed E-state index contributed by atoms with van der Waals surface area (Å²) in [5.74, 6) is 0.660. The lowest BCUT2D eigenvalue weighted by molar-refractivity contribution is -0.119. The van der Waals surface area contributed by atoms with Gasteiger partial charge in [0, 0.05) is 31.1 Å². The highest BCUT2D eigenvalue weighted by atomic mass is 16.6. The smallest absolute Gasteiger partial charge is 0.410 e. The molecule has 8 heteroatoms. The van der Waals surface area contributed by atoms with Gasteiger partial charge in [-0.3, -0.25) is 4.79 Å². The molecule has 1 saturated heterocycles. The molecule has 168 valence electrons. The predicted molar refractivity (Wildman–Crippen MR) is 117 cm³/mol. The minimum atomic E-state index is -0.542. The fourth-order valence-corrected chi connectivity index (χ4v) is 3.98. The molecule has 1 aromatic carbocycles. The lowest BCUT2D eigenvalue weighted by Crippen LogP contribution is -2.45. The molecule has 1 aliphatic heterocycles. The quantitative estimate of drug-likeness (QED) is 0.654. The van der Waals surface area contributed by atoms with E-state index in [1.807, 2.05) is 32.9 Å². The summed E-state index contributed by atoms with van der Waals surface area (Å²) < 4.78 is 12.4. The normalized spacial score (nSPS) is 16.2. The highest BCUT2D eigenvalue weighted by Crippen LogP contribution is 2.35. The van der Waals surface area contributed by atoms with Crippen molar-refractivity contribution in [3.05, 3.63) is 34.7 Å². The topological polar surface area (TPSA) is 90.7 Å². The van der Waals surface area contributed by atoms with E-state index in [2.05, 4.69) is 4.98 Å². The second-order valence-corrected chi connectivity index (χ2v) is 9.15. The number of likely N-dealkylation sites (tertiary alicyclic amines) is 1. The summed E-state index contributed by atoms with van der Waals surface area (Å²) in [7, 11) is 1.58. The number of ether oxygens (including phenoxy) is 2. The van der Waals surface area contributed by atoms with Gasteiger partial charge in [-0.25, -0.2) is 9.78 Å². The van der Waals surface area contributed by atoms with Gasteiger partial charge in [0.05, 0.1) is 24.3 Å². The fourth-order valence-electron chi connectivity index (χ4n) is 3.98. The number of carbonyl (C=O) groups excluding carboxylic acids is 2. The van der Waals surface area contributed by atoms with E-state index in [0.29, 0.717) is 56.6 Å². The second-order valence-electron chi connectivity index (χ2n) is 9.15. The first-order valence-electron chi connectivity index (χ1n) is 10.6. The Morgan fingerprint density at radius 2 is 1.97 bits per heavy atom. The zero-order valence-corrected chi connectivity index (χ0v) is 18.7. The molecule has 31 heavy (non-hydrogen) atoms. The lowest BCUT2D eigenvalue weighted by Gasteiger charge is -2.38. The number of piperidine rings is 1. The standard InChI is InChI=1S/C23H31N3O5/c1-22(2,3)31-21(29)25-12-9-23(16-27,10-13-25)8-5-11-26-19-14-17(30-4)6-7-18(19)24-15-20(26)28/h6-7,14-16H,5,8-13H2,1-4H3. The average molecular weight is 430 g/mol. The Bertz CT molecular complexity index is 1000. The highest BCUT2D eigenvalue weighted by molar-refractivity contribution is 5.76. The SMILES string of the molecule is COc1ccc2ncc(=O)n(CCCC3(C=O)CCN(C(=O)OC(C)(C)C)CC3)c2c1. The maximum Gasteiger partial charge on any atom is 0.410 e. The summed E-state index contributed by atoms with van der Waals surface area (Å²) in [5, 5.41) is 0. The van der Waals surface area contributed by atoms with Crippen LogP contribution < -0.4 is 10.3 Å². The number of rotatable bonds is 6. The first kappa shape index (κ1) is 22.8. The van der Waals surface area contributed by atoms with E-state index in [9.17, 15) is 14.4 Å². The third kappa shape index (κ3) is 5.42. The van der Waals surface area contributed by atoms with E-state index < -0.39 is 11.0 Å². The molecule has 0 unspecified atom stereocenters. The molecule has 1 aliphatic rings. The fraction of sp³-hybridized carbons (Fsp3) is 0.565.